The fraction of sp³-hybridized carbons (Fsp3) is 0.176. The fourth-order valence-electron chi connectivity index (χ4n) is 1.94. The van der Waals surface area contributed by atoms with Crippen molar-refractivity contribution in [3.63, 3.8) is 0 Å². The van der Waals surface area contributed by atoms with Crippen LogP contribution in [0, 0.1) is 0 Å². The molecule has 0 spiro atoms. The topological polar surface area (TPSA) is 55.4 Å². The largest absolute Gasteiger partial charge is 0.484 e. The number of hydrogen-bond acceptors (Lipinski definition) is 3. The van der Waals surface area contributed by atoms with Crippen LogP contribution in [0.2, 0.25) is 5.02 Å². The van der Waals surface area contributed by atoms with E-state index in [9.17, 15) is 9.59 Å². The Hall–Kier alpha value is -2.33. The van der Waals surface area contributed by atoms with Crippen molar-refractivity contribution in [3.8, 4) is 5.75 Å². The molecule has 0 aromatic heterocycles. The number of carbonyl (C=O) groups excluding carboxylic acids is 2. The van der Waals surface area contributed by atoms with E-state index in [-0.39, 0.29) is 18.6 Å². The molecule has 0 saturated carbocycles. The summed E-state index contributed by atoms with van der Waals surface area (Å²) < 4.78 is 5.37. The van der Waals surface area contributed by atoms with Crippen molar-refractivity contribution in [2.45, 2.75) is 13.0 Å². The second kappa shape index (κ2) is 7.61. The Morgan fingerprint density at radius 1 is 1.27 bits per heavy atom. The third-order valence-corrected chi connectivity index (χ3v) is 3.36. The minimum absolute atomic E-state index is 0.111. The lowest BCUT2D eigenvalue weighted by molar-refractivity contribution is -0.123. The van der Waals surface area contributed by atoms with Gasteiger partial charge in [-0.15, -0.1) is 0 Å². The number of rotatable bonds is 6. The Morgan fingerprint density at radius 2 is 2.00 bits per heavy atom. The van der Waals surface area contributed by atoms with Gasteiger partial charge in [0, 0.05) is 10.6 Å². The minimum Gasteiger partial charge on any atom is -0.484 e. The Morgan fingerprint density at radius 3 is 2.68 bits per heavy atom. The summed E-state index contributed by atoms with van der Waals surface area (Å²) >= 11 is 5.83. The van der Waals surface area contributed by atoms with Gasteiger partial charge in [0.15, 0.2) is 6.61 Å². The second-order valence-electron chi connectivity index (χ2n) is 4.82. The van der Waals surface area contributed by atoms with E-state index in [1.807, 2.05) is 19.1 Å². The van der Waals surface area contributed by atoms with Gasteiger partial charge >= 0.3 is 0 Å². The quantitative estimate of drug-likeness (QED) is 0.831. The number of nitrogens with one attached hydrogen (secondary N) is 1. The van der Waals surface area contributed by atoms with Crippen LogP contribution in [0.15, 0.2) is 48.5 Å². The van der Waals surface area contributed by atoms with Crippen LogP contribution in [0.3, 0.4) is 0 Å². The molecule has 1 atom stereocenters. The highest BCUT2D eigenvalue weighted by Gasteiger charge is 2.10. The average Bonchev–Trinajstić information content (AvgIpc) is 2.53. The van der Waals surface area contributed by atoms with Gasteiger partial charge in [-0.2, -0.15) is 0 Å². The summed E-state index contributed by atoms with van der Waals surface area (Å²) in [5, 5.41) is 3.49. The molecule has 1 amide bonds. The van der Waals surface area contributed by atoms with Crippen LogP contribution >= 0.6 is 11.6 Å². The van der Waals surface area contributed by atoms with E-state index < -0.39 is 0 Å². The maximum atomic E-state index is 11.9. The molecular weight excluding hydrogens is 302 g/mol. The van der Waals surface area contributed by atoms with Gasteiger partial charge in [-0.25, -0.2) is 0 Å². The standard InChI is InChI=1S/C17H16ClNO3/c1-12(14-5-7-15(18)8-6-14)19-17(21)11-22-16-4-2-3-13(9-16)10-20/h2-10,12H,11H2,1H3,(H,19,21). The highest BCUT2D eigenvalue weighted by molar-refractivity contribution is 6.30. The van der Waals surface area contributed by atoms with Crippen molar-refractivity contribution in [1.82, 2.24) is 5.32 Å². The smallest absolute Gasteiger partial charge is 0.258 e. The summed E-state index contributed by atoms with van der Waals surface area (Å²) in [7, 11) is 0. The molecule has 0 aliphatic heterocycles. The number of ether oxygens (including phenoxy) is 1. The summed E-state index contributed by atoms with van der Waals surface area (Å²) in [6.07, 6.45) is 0.732. The van der Waals surface area contributed by atoms with Crippen molar-refractivity contribution < 1.29 is 14.3 Å². The lowest BCUT2D eigenvalue weighted by Gasteiger charge is -2.15. The van der Waals surface area contributed by atoms with Gasteiger partial charge in [-0.05, 0) is 36.8 Å². The summed E-state index contributed by atoms with van der Waals surface area (Å²) in [6.45, 7) is 1.77. The molecule has 114 valence electrons. The predicted molar refractivity (Wildman–Crippen MR) is 85.3 cm³/mol. The van der Waals surface area contributed by atoms with Crippen molar-refractivity contribution in [1.29, 1.82) is 0 Å². The first kappa shape index (κ1) is 16.0. The van der Waals surface area contributed by atoms with Gasteiger partial charge in [-0.1, -0.05) is 35.9 Å². The normalized spacial score (nSPS) is 11.5. The van der Waals surface area contributed by atoms with E-state index in [0.29, 0.717) is 16.3 Å². The van der Waals surface area contributed by atoms with Gasteiger partial charge in [0.25, 0.3) is 5.91 Å². The van der Waals surface area contributed by atoms with Crippen molar-refractivity contribution >= 4 is 23.8 Å². The molecule has 22 heavy (non-hydrogen) atoms. The van der Waals surface area contributed by atoms with E-state index in [1.54, 1.807) is 36.4 Å². The Bertz CT molecular complexity index is 655. The number of amides is 1. The van der Waals surface area contributed by atoms with E-state index in [1.165, 1.54) is 0 Å². The van der Waals surface area contributed by atoms with Gasteiger partial charge in [0.05, 0.1) is 6.04 Å². The zero-order valence-electron chi connectivity index (χ0n) is 12.1. The predicted octanol–water partition coefficient (Wildman–Crippen LogP) is 3.41. The van der Waals surface area contributed by atoms with Crippen LogP contribution in [0.25, 0.3) is 0 Å². The maximum absolute atomic E-state index is 11.9. The van der Waals surface area contributed by atoms with Gasteiger partial charge in [0.1, 0.15) is 12.0 Å². The fourth-order valence-corrected chi connectivity index (χ4v) is 2.07. The number of halogens is 1. The number of carbonyl (C=O) groups is 2. The highest BCUT2D eigenvalue weighted by atomic mass is 35.5. The molecule has 2 aromatic carbocycles. The molecule has 0 saturated heterocycles. The molecule has 5 heteroatoms. The monoisotopic (exact) mass is 317 g/mol. The first-order chi connectivity index (χ1) is 10.6. The van der Waals surface area contributed by atoms with Crippen LogP contribution in [-0.2, 0) is 4.79 Å². The van der Waals surface area contributed by atoms with Crippen molar-refractivity contribution in [2.75, 3.05) is 6.61 Å². The average molecular weight is 318 g/mol. The molecule has 1 unspecified atom stereocenters. The first-order valence-electron chi connectivity index (χ1n) is 6.81. The van der Waals surface area contributed by atoms with E-state index in [0.717, 1.165) is 11.8 Å². The van der Waals surface area contributed by atoms with E-state index in [2.05, 4.69) is 5.32 Å². The zero-order valence-corrected chi connectivity index (χ0v) is 12.8. The van der Waals surface area contributed by atoms with Crippen LogP contribution in [0.5, 0.6) is 5.75 Å². The van der Waals surface area contributed by atoms with Gasteiger partial charge in [-0.3, -0.25) is 9.59 Å². The molecule has 2 rings (SSSR count). The molecule has 0 fully saturated rings. The summed E-state index contributed by atoms with van der Waals surface area (Å²) in [6, 6.07) is 13.8. The molecular formula is C17H16ClNO3. The zero-order chi connectivity index (χ0) is 15.9. The number of aldehydes is 1. The summed E-state index contributed by atoms with van der Waals surface area (Å²) in [5.41, 5.74) is 1.47. The Balaban J connectivity index is 1.87. The molecule has 0 heterocycles. The third kappa shape index (κ3) is 4.60. The first-order valence-corrected chi connectivity index (χ1v) is 7.19. The van der Waals surface area contributed by atoms with Gasteiger partial charge < -0.3 is 10.1 Å². The van der Waals surface area contributed by atoms with Crippen molar-refractivity contribution in [3.05, 3.63) is 64.7 Å². The molecule has 0 radical (unpaired) electrons. The maximum Gasteiger partial charge on any atom is 0.258 e. The molecule has 0 aliphatic rings. The van der Waals surface area contributed by atoms with E-state index >= 15 is 0 Å². The lowest BCUT2D eigenvalue weighted by Crippen LogP contribution is -2.31. The highest BCUT2D eigenvalue weighted by Crippen LogP contribution is 2.16. The van der Waals surface area contributed by atoms with Crippen LogP contribution < -0.4 is 10.1 Å². The van der Waals surface area contributed by atoms with Crippen LogP contribution in [0.4, 0.5) is 0 Å². The number of benzene rings is 2. The minimum atomic E-state index is -0.237. The molecule has 0 aliphatic carbocycles. The summed E-state index contributed by atoms with van der Waals surface area (Å²) in [5.74, 6) is 0.248. The lowest BCUT2D eigenvalue weighted by atomic mass is 10.1. The number of hydrogen-bond donors (Lipinski definition) is 1. The van der Waals surface area contributed by atoms with Crippen LogP contribution in [-0.4, -0.2) is 18.8 Å². The van der Waals surface area contributed by atoms with Gasteiger partial charge in [0.2, 0.25) is 0 Å². The van der Waals surface area contributed by atoms with Crippen LogP contribution in [0.1, 0.15) is 28.9 Å². The summed E-state index contributed by atoms with van der Waals surface area (Å²) in [4.78, 5) is 22.6. The third-order valence-electron chi connectivity index (χ3n) is 3.11. The Labute approximate surface area is 134 Å². The molecule has 1 N–H and O–H groups in total. The molecule has 4 nitrogen and oxygen atoms in total. The molecule has 0 bridgehead atoms. The Kier molecular flexibility index (Phi) is 5.55. The molecule has 2 aromatic rings. The van der Waals surface area contributed by atoms with Crippen molar-refractivity contribution in [2.24, 2.45) is 0 Å². The SMILES string of the molecule is CC(NC(=O)COc1cccc(C=O)c1)c1ccc(Cl)cc1. The van der Waals surface area contributed by atoms with E-state index in [4.69, 9.17) is 16.3 Å². The second-order valence-corrected chi connectivity index (χ2v) is 5.26.